The third-order valence-corrected chi connectivity index (χ3v) is 3.73. The standard InChI is InChI=1S/C10H14O4S2/c1-2-3-4-8-5-6-9(15(11)12)10(7-8)16(13)14/h5-7H,2-4H2,1H3,(H,11,12)(H,13,14)/p-2. The third kappa shape index (κ3) is 3.48. The number of rotatable bonds is 5. The highest BCUT2D eigenvalue weighted by molar-refractivity contribution is 7.82. The average molecular weight is 260 g/mol. The van der Waals surface area contributed by atoms with Gasteiger partial charge in [-0.2, -0.15) is 0 Å². The van der Waals surface area contributed by atoms with Crippen molar-refractivity contribution < 1.29 is 17.5 Å². The summed E-state index contributed by atoms with van der Waals surface area (Å²) < 4.78 is 43.3. The smallest absolute Gasteiger partial charge is 0.0401 e. The minimum absolute atomic E-state index is 0.151. The molecule has 0 aromatic heterocycles. The van der Waals surface area contributed by atoms with Gasteiger partial charge in [-0.1, -0.05) is 19.4 Å². The Morgan fingerprint density at radius 1 is 1.12 bits per heavy atom. The summed E-state index contributed by atoms with van der Waals surface area (Å²) in [6.07, 6.45) is 2.71. The lowest BCUT2D eigenvalue weighted by Crippen LogP contribution is -2.00. The lowest BCUT2D eigenvalue weighted by atomic mass is 10.1. The van der Waals surface area contributed by atoms with Crippen molar-refractivity contribution in [2.45, 2.75) is 36.0 Å². The molecule has 1 aromatic rings. The van der Waals surface area contributed by atoms with Crippen LogP contribution in [0.5, 0.6) is 0 Å². The predicted octanol–water partition coefficient (Wildman–Crippen LogP) is 1.51. The molecular weight excluding hydrogens is 248 g/mol. The SMILES string of the molecule is CCCCc1ccc(S(=O)[O-])c(S(=O)[O-])c1. The van der Waals surface area contributed by atoms with E-state index in [-0.39, 0.29) is 9.79 Å². The molecule has 0 fully saturated rings. The first-order chi connectivity index (χ1) is 7.56. The fourth-order valence-corrected chi connectivity index (χ4v) is 2.65. The highest BCUT2D eigenvalue weighted by atomic mass is 32.2. The zero-order valence-corrected chi connectivity index (χ0v) is 10.4. The Hall–Kier alpha value is -0.560. The minimum Gasteiger partial charge on any atom is -0.768 e. The fraction of sp³-hybridized carbons (Fsp3) is 0.400. The molecule has 1 rings (SSSR count). The minimum atomic E-state index is -2.52. The van der Waals surface area contributed by atoms with Crippen LogP contribution in [-0.2, 0) is 28.6 Å². The topological polar surface area (TPSA) is 80.3 Å². The van der Waals surface area contributed by atoms with Crippen molar-refractivity contribution in [2.75, 3.05) is 0 Å². The third-order valence-electron chi connectivity index (χ3n) is 2.19. The molecule has 90 valence electrons. The normalized spacial score (nSPS) is 14.7. The Morgan fingerprint density at radius 3 is 2.25 bits per heavy atom. The first kappa shape index (κ1) is 13.5. The lowest BCUT2D eigenvalue weighted by molar-refractivity contribution is 0.523. The molecule has 0 saturated carbocycles. The van der Waals surface area contributed by atoms with Crippen molar-refractivity contribution in [3.05, 3.63) is 23.8 Å². The highest BCUT2D eigenvalue weighted by Crippen LogP contribution is 2.19. The summed E-state index contributed by atoms with van der Waals surface area (Å²) in [5.74, 6) is 0. The summed E-state index contributed by atoms with van der Waals surface area (Å²) >= 11 is -5.04. The first-order valence-corrected chi connectivity index (χ1v) is 7.02. The van der Waals surface area contributed by atoms with Gasteiger partial charge >= 0.3 is 0 Å². The van der Waals surface area contributed by atoms with E-state index in [0.29, 0.717) is 0 Å². The van der Waals surface area contributed by atoms with Crippen molar-refractivity contribution >= 4 is 22.2 Å². The molecular formula is C10H12O4S2-2. The van der Waals surface area contributed by atoms with Gasteiger partial charge in [-0.25, -0.2) is 0 Å². The van der Waals surface area contributed by atoms with Crippen LogP contribution in [0.4, 0.5) is 0 Å². The van der Waals surface area contributed by atoms with Crippen molar-refractivity contribution in [1.29, 1.82) is 0 Å². The van der Waals surface area contributed by atoms with Crippen LogP contribution in [0.15, 0.2) is 28.0 Å². The molecule has 0 bridgehead atoms. The van der Waals surface area contributed by atoms with E-state index >= 15 is 0 Å². The molecule has 0 heterocycles. The van der Waals surface area contributed by atoms with Crippen molar-refractivity contribution in [3.63, 3.8) is 0 Å². The van der Waals surface area contributed by atoms with E-state index in [4.69, 9.17) is 0 Å². The highest BCUT2D eigenvalue weighted by Gasteiger charge is 2.05. The zero-order chi connectivity index (χ0) is 12.1. The van der Waals surface area contributed by atoms with Gasteiger partial charge in [0.2, 0.25) is 0 Å². The molecule has 0 N–H and O–H groups in total. The number of hydrogen-bond acceptors (Lipinski definition) is 4. The maximum absolute atomic E-state index is 10.9. The number of benzene rings is 1. The monoisotopic (exact) mass is 260 g/mol. The van der Waals surface area contributed by atoms with E-state index in [1.807, 2.05) is 6.92 Å². The molecule has 0 aliphatic rings. The van der Waals surface area contributed by atoms with Crippen LogP contribution < -0.4 is 0 Å². The summed E-state index contributed by atoms with van der Waals surface area (Å²) in [5.41, 5.74) is 0.843. The molecule has 6 heteroatoms. The van der Waals surface area contributed by atoms with Crippen LogP contribution in [0.25, 0.3) is 0 Å². The Bertz CT molecular complexity index is 417. The van der Waals surface area contributed by atoms with Gasteiger partial charge < -0.3 is 9.11 Å². The summed E-state index contributed by atoms with van der Waals surface area (Å²) in [6.45, 7) is 2.04. The molecule has 2 atom stereocenters. The molecule has 0 saturated heterocycles. The van der Waals surface area contributed by atoms with Gasteiger partial charge in [0.25, 0.3) is 0 Å². The average Bonchev–Trinajstić information content (AvgIpc) is 2.25. The number of unbranched alkanes of at least 4 members (excludes halogenated alkanes) is 1. The van der Waals surface area contributed by atoms with Gasteiger partial charge in [0.15, 0.2) is 0 Å². The predicted molar refractivity (Wildman–Crippen MR) is 59.4 cm³/mol. The van der Waals surface area contributed by atoms with E-state index in [1.165, 1.54) is 12.1 Å². The Morgan fingerprint density at radius 2 is 1.75 bits per heavy atom. The molecule has 2 unspecified atom stereocenters. The number of aryl methyl sites for hydroxylation is 1. The van der Waals surface area contributed by atoms with Crippen molar-refractivity contribution in [2.24, 2.45) is 0 Å². The molecule has 16 heavy (non-hydrogen) atoms. The quantitative estimate of drug-likeness (QED) is 0.751. The Balaban J connectivity index is 3.07. The number of hydrogen-bond donors (Lipinski definition) is 0. The van der Waals surface area contributed by atoms with Gasteiger partial charge in [0.05, 0.1) is 0 Å². The van der Waals surface area contributed by atoms with Crippen molar-refractivity contribution in [1.82, 2.24) is 0 Å². The second kappa shape index (κ2) is 6.24. The van der Waals surface area contributed by atoms with E-state index in [1.54, 1.807) is 6.07 Å². The summed E-state index contributed by atoms with van der Waals surface area (Å²) in [5, 5.41) is 0. The molecule has 0 spiro atoms. The van der Waals surface area contributed by atoms with Crippen molar-refractivity contribution in [3.8, 4) is 0 Å². The Labute approximate surface area is 99.6 Å². The molecule has 1 aromatic carbocycles. The second-order valence-electron chi connectivity index (χ2n) is 3.35. The van der Waals surface area contributed by atoms with E-state index in [9.17, 15) is 17.5 Å². The van der Waals surface area contributed by atoms with Gasteiger partial charge in [-0.15, -0.1) is 0 Å². The first-order valence-electron chi connectivity index (χ1n) is 4.87. The van der Waals surface area contributed by atoms with E-state index in [0.717, 1.165) is 24.8 Å². The Kier molecular flexibility index (Phi) is 5.27. The van der Waals surface area contributed by atoms with Crippen LogP contribution in [-0.4, -0.2) is 17.5 Å². The summed E-state index contributed by atoms with van der Waals surface area (Å²) in [6, 6.07) is 4.40. The second-order valence-corrected chi connectivity index (χ2v) is 5.17. The van der Waals surface area contributed by atoms with Crippen LogP contribution in [0.3, 0.4) is 0 Å². The van der Waals surface area contributed by atoms with Crippen LogP contribution in [0.2, 0.25) is 0 Å². The molecule has 0 aliphatic heterocycles. The maximum Gasteiger partial charge on any atom is 0.0401 e. The van der Waals surface area contributed by atoms with Gasteiger partial charge in [-0.3, -0.25) is 8.42 Å². The zero-order valence-electron chi connectivity index (χ0n) is 8.80. The van der Waals surface area contributed by atoms with Gasteiger partial charge in [-0.05, 0) is 52.7 Å². The van der Waals surface area contributed by atoms with E-state index < -0.39 is 22.2 Å². The van der Waals surface area contributed by atoms with Crippen LogP contribution in [0.1, 0.15) is 25.3 Å². The van der Waals surface area contributed by atoms with E-state index in [2.05, 4.69) is 0 Å². The van der Waals surface area contributed by atoms with Gasteiger partial charge in [0.1, 0.15) is 0 Å². The molecule has 0 amide bonds. The molecule has 0 aliphatic carbocycles. The summed E-state index contributed by atoms with van der Waals surface area (Å²) in [7, 11) is 0. The van der Waals surface area contributed by atoms with Gasteiger partial charge in [0, 0.05) is 9.79 Å². The lowest BCUT2D eigenvalue weighted by Gasteiger charge is -2.15. The molecule has 4 nitrogen and oxygen atoms in total. The maximum atomic E-state index is 10.9. The van der Waals surface area contributed by atoms with Crippen LogP contribution in [0, 0.1) is 0 Å². The largest absolute Gasteiger partial charge is 0.768 e. The van der Waals surface area contributed by atoms with Crippen LogP contribution >= 0.6 is 0 Å². The molecule has 0 radical (unpaired) electrons. The summed E-state index contributed by atoms with van der Waals surface area (Å²) in [4.78, 5) is -0.324. The fourth-order valence-electron chi connectivity index (χ4n) is 1.36.